The summed E-state index contributed by atoms with van der Waals surface area (Å²) in [4.78, 5) is 24.4. The lowest BCUT2D eigenvalue weighted by Gasteiger charge is -2.13. The highest BCUT2D eigenvalue weighted by atomic mass is 79.9. The van der Waals surface area contributed by atoms with Gasteiger partial charge in [-0.2, -0.15) is 0 Å². The molecule has 5 nitrogen and oxygen atoms in total. The highest BCUT2D eigenvalue weighted by Crippen LogP contribution is 2.25. The molecule has 0 fully saturated rings. The molecule has 3 N–H and O–H groups in total. The monoisotopic (exact) mass is 438 g/mol. The summed E-state index contributed by atoms with van der Waals surface area (Å²) in [6.07, 6.45) is 0.725. The van der Waals surface area contributed by atoms with E-state index in [4.69, 9.17) is 10.5 Å². The minimum Gasteiger partial charge on any atom is -0.492 e. The summed E-state index contributed by atoms with van der Waals surface area (Å²) in [5.41, 5.74) is 7.50. The van der Waals surface area contributed by atoms with Crippen molar-refractivity contribution >= 4 is 33.4 Å². The number of primary amides is 1. The van der Waals surface area contributed by atoms with E-state index in [0.717, 1.165) is 16.5 Å². The fourth-order valence-electron chi connectivity index (χ4n) is 2.73. The normalized spacial score (nSPS) is 10.3. The van der Waals surface area contributed by atoms with Gasteiger partial charge in [0, 0.05) is 10.9 Å². The molecule has 0 saturated carbocycles. The highest BCUT2D eigenvalue weighted by molar-refractivity contribution is 9.10. The van der Waals surface area contributed by atoms with Gasteiger partial charge in [-0.05, 0) is 35.9 Å². The van der Waals surface area contributed by atoms with E-state index in [-0.39, 0.29) is 11.5 Å². The lowest BCUT2D eigenvalue weighted by Crippen LogP contribution is -2.19. The molecule has 0 spiro atoms. The first-order valence-electron chi connectivity index (χ1n) is 8.71. The Kier molecular flexibility index (Phi) is 6.45. The van der Waals surface area contributed by atoms with Crippen LogP contribution < -0.4 is 15.8 Å². The molecule has 6 heteroatoms. The van der Waals surface area contributed by atoms with Gasteiger partial charge in [-0.1, -0.05) is 58.4 Å². The molecular weight excluding hydrogens is 420 g/mol. The molecule has 3 aromatic rings. The Balaban J connectivity index is 1.76. The van der Waals surface area contributed by atoms with Gasteiger partial charge in [-0.3, -0.25) is 9.59 Å². The van der Waals surface area contributed by atoms with Gasteiger partial charge in [0.2, 0.25) is 0 Å². The molecular formula is C22H19BrN2O3. The zero-order valence-corrected chi connectivity index (χ0v) is 16.6. The maximum absolute atomic E-state index is 12.8. The van der Waals surface area contributed by atoms with E-state index in [2.05, 4.69) is 21.2 Å². The van der Waals surface area contributed by atoms with Gasteiger partial charge in [0.15, 0.2) is 0 Å². The number of nitrogens with one attached hydrogen (secondary N) is 1. The molecule has 28 heavy (non-hydrogen) atoms. The molecule has 2 amide bonds. The number of amides is 2. The minimum atomic E-state index is -0.607. The second kappa shape index (κ2) is 9.19. The van der Waals surface area contributed by atoms with Gasteiger partial charge in [0.05, 0.1) is 23.4 Å². The zero-order chi connectivity index (χ0) is 19.9. The highest BCUT2D eigenvalue weighted by Gasteiger charge is 2.16. The summed E-state index contributed by atoms with van der Waals surface area (Å²) in [6, 6.07) is 21.8. The van der Waals surface area contributed by atoms with Crippen molar-refractivity contribution in [1.82, 2.24) is 0 Å². The Morgan fingerprint density at radius 1 is 0.929 bits per heavy atom. The van der Waals surface area contributed by atoms with Crippen molar-refractivity contribution in [3.63, 3.8) is 0 Å². The topological polar surface area (TPSA) is 81.4 Å². The lowest BCUT2D eigenvalue weighted by atomic mass is 10.1. The summed E-state index contributed by atoms with van der Waals surface area (Å²) >= 11 is 3.38. The first kappa shape index (κ1) is 19.6. The zero-order valence-electron chi connectivity index (χ0n) is 15.0. The summed E-state index contributed by atoms with van der Waals surface area (Å²) in [5.74, 6) is -0.526. The summed E-state index contributed by atoms with van der Waals surface area (Å²) < 4.78 is 6.61. The van der Waals surface area contributed by atoms with Gasteiger partial charge < -0.3 is 15.8 Å². The Morgan fingerprint density at radius 3 is 2.39 bits per heavy atom. The molecule has 0 aliphatic carbocycles. The van der Waals surface area contributed by atoms with Gasteiger partial charge in [0.1, 0.15) is 5.75 Å². The Morgan fingerprint density at radius 2 is 1.64 bits per heavy atom. The van der Waals surface area contributed by atoms with Crippen LogP contribution in [0.1, 0.15) is 26.3 Å². The number of anilines is 1. The van der Waals surface area contributed by atoms with Crippen LogP contribution in [0.3, 0.4) is 0 Å². The van der Waals surface area contributed by atoms with Crippen LogP contribution in [-0.2, 0) is 6.42 Å². The predicted molar refractivity (Wildman–Crippen MR) is 113 cm³/mol. The standard InChI is InChI=1S/C22H19BrN2O3/c23-16-10-11-20(28-13-12-15-6-2-1-3-7-15)18(14-16)22(27)25-19-9-5-4-8-17(19)21(24)26/h1-11,14H,12-13H2,(H2,24,26)(H,25,27). The van der Waals surface area contributed by atoms with Crippen LogP contribution in [0.2, 0.25) is 0 Å². The molecule has 0 aliphatic rings. The quantitative estimate of drug-likeness (QED) is 0.572. The molecule has 0 unspecified atom stereocenters. The third kappa shape index (κ3) is 4.98. The maximum atomic E-state index is 12.8. The summed E-state index contributed by atoms with van der Waals surface area (Å²) in [5, 5.41) is 2.74. The third-order valence-electron chi connectivity index (χ3n) is 4.12. The molecule has 0 aromatic heterocycles. The van der Waals surface area contributed by atoms with E-state index in [1.165, 1.54) is 0 Å². The van der Waals surface area contributed by atoms with Crippen molar-refractivity contribution in [3.05, 3.63) is 94.0 Å². The number of nitrogens with two attached hydrogens (primary N) is 1. The summed E-state index contributed by atoms with van der Waals surface area (Å²) in [7, 11) is 0. The van der Waals surface area contributed by atoms with Crippen molar-refractivity contribution < 1.29 is 14.3 Å². The number of rotatable bonds is 7. The Bertz CT molecular complexity index is 990. The second-order valence-electron chi connectivity index (χ2n) is 6.09. The van der Waals surface area contributed by atoms with Crippen LogP contribution in [0.5, 0.6) is 5.75 Å². The Labute approximate surface area is 171 Å². The molecule has 0 aliphatic heterocycles. The molecule has 0 bridgehead atoms. The lowest BCUT2D eigenvalue weighted by molar-refractivity contribution is 0.100. The average Bonchev–Trinajstić information content (AvgIpc) is 2.70. The number of halogens is 1. The largest absolute Gasteiger partial charge is 0.492 e. The van der Waals surface area contributed by atoms with E-state index >= 15 is 0 Å². The number of carbonyl (C=O) groups excluding carboxylic acids is 2. The molecule has 142 valence electrons. The first-order chi connectivity index (χ1) is 13.5. The van der Waals surface area contributed by atoms with E-state index in [1.54, 1.807) is 36.4 Å². The predicted octanol–water partition coefficient (Wildman–Crippen LogP) is 4.42. The molecule has 0 radical (unpaired) electrons. The molecule has 3 aromatic carbocycles. The van der Waals surface area contributed by atoms with Crippen LogP contribution in [0, 0.1) is 0 Å². The number of ether oxygens (including phenoxy) is 1. The van der Waals surface area contributed by atoms with Crippen molar-refractivity contribution in [3.8, 4) is 5.75 Å². The van der Waals surface area contributed by atoms with Crippen LogP contribution in [0.25, 0.3) is 0 Å². The van der Waals surface area contributed by atoms with Gasteiger partial charge in [-0.15, -0.1) is 0 Å². The second-order valence-corrected chi connectivity index (χ2v) is 7.00. The number of para-hydroxylation sites is 1. The van der Waals surface area contributed by atoms with Crippen molar-refractivity contribution in [2.75, 3.05) is 11.9 Å². The van der Waals surface area contributed by atoms with E-state index in [0.29, 0.717) is 23.6 Å². The van der Waals surface area contributed by atoms with Crippen LogP contribution in [0.15, 0.2) is 77.3 Å². The van der Waals surface area contributed by atoms with Crippen LogP contribution >= 0.6 is 15.9 Å². The van der Waals surface area contributed by atoms with Gasteiger partial charge >= 0.3 is 0 Å². The van der Waals surface area contributed by atoms with E-state index in [9.17, 15) is 9.59 Å². The summed E-state index contributed by atoms with van der Waals surface area (Å²) in [6.45, 7) is 0.434. The number of hydrogen-bond acceptors (Lipinski definition) is 3. The smallest absolute Gasteiger partial charge is 0.259 e. The van der Waals surface area contributed by atoms with Gasteiger partial charge in [-0.25, -0.2) is 0 Å². The average molecular weight is 439 g/mol. The SMILES string of the molecule is NC(=O)c1ccccc1NC(=O)c1cc(Br)ccc1OCCc1ccccc1. The third-order valence-corrected chi connectivity index (χ3v) is 4.61. The van der Waals surface area contributed by atoms with Crippen molar-refractivity contribution in [2.24, 2.45) is 5.73 Å². The molecule has 0 saturated heterocycles. The van der Waals surface area contributed by atoms with Crippen molar-refractivity contribution in [1.29, 1.82) is 0 Å². The maximum Gasteiger partial charge on any atom is 0.259 e. The van der Waals surface area contributed by atoms with E-state index < -0.39 is 5.91 Å². The fourth-order valence-corrected chi connectivity index (χ4v) is 3.09. The molecule has 0 heterocycles. The van der Waals surface area contributed by atoms with E-state index in [1.807, 2.05) is 36.4 Å². The van der Waals surface area contributed by atoms with Crippen LogP contribution in [-0.4, -0.2) is 18.4 Å². The number of carbonyl (C=O) groups is 2. The number of hydrogen-bond donors (Lipinski definition) is 2. The minimum absolute atomic E-state index is 0.248. The molecule has 0 atom stereocenters. The van der Waals surface area contributed by atoms with Crippen molar-refractivity contribution in [2.45, 2.75) is 6.42 Å². The first-order valence-corrected chi connectivity index (χ1v) is 9.50. The Hall–Kier alpha value is -3.12. The van der Waals surface area contributed by atoms with Gasteiger partial charge in [0.25, 0.3) is 11.8 Å². The fraction of sp³-hybridized carbons (Fsp3) is 0.0909. The number of benzene rings is 3. The molecule has 3 rings (SSSR count). The van der Waals surface area contributed by atoms with Crippen LogP contribution in [0.4, 0.5) is 5.69 Å².